The van der Waals surface area contributed by atoms with E-state index < -0.39 is 0 Å². The molecule has 1 aromatic carbocycles. The van der Waals surface area contributed by atoms with Crippen LogP contribution >= 0.6 is 0 Å². The highest BCUT2D eigenvalue weighted by molar-refractivity contribution is 5.31. The van der Waals surface area contributed by atoms with Gasteiger partial charge in [-0.1, -0.05) is 12.1 Å². The van der Waals surface area contributed by atoms with Crippen LogP contribution in [0.4, 0.5) is 0 Å². The van der Waals surface area contributed by atoms with Crippen LogP contribution in [-0.2, 0) is 0 Å². The van der Waals surface area contributed by atoms with E-state index in [1.54, 1.807) is 7.11 Å². The van der Waals surface area contributed by atoms with Gasteiger partial charge in [-0.05, 0) is 44.1 Å². The van der Waals surface area contributed by atoms with E-state index in [9.17, 15) is 0 Å². The molecule has 1 aliphatic rings. The molecule has 2 N–H and O–H groups in total. The maximum absolute atomic E-state index is 5.26. The van der Waals surface area contributed by atoms with Crippen molar-refractivity contribution in [3.05, 3.63) is 29.8 Å². The minimum atomic E-state index is 0.373. The quantitative estimate of drug-likeness (QED) is 0.810. The summed E-state index contributed by atoms with van der Waals surface area (Å²) in [5.74, 6) is 0.927. The largest absolute Gasteiger partial charge is 0.497 e. The minimum absolute atomic E-state index is 0.373. The Kier molecular flexibility index (Phi) is 3.80. The molecule has 0 saturated carbocycles. The van der Waals surface area contributed by atoms with E-state index in [-0.39, 0.29) is 0 Å². The third-order valence-corrected chi connectivity index (χ3v) is 3.26. The van der Waals surface area contributed by atoms with Crippen LogP contribution in [0.25, 0.3) is 0 Å². The maximum Gasteiger partial charge on any atom is 0.119 e. The second-order valence-electron chi connectivity index (χ2n) is 4.25. The topological polar surface area (TPSA) is 33.3 Å². The van der Waals surface area contributed by atoms with Gasteiger partial charge in [0.25, 0.3) is 0 Å². The third-order valence-electron chi connectivity index (χ3n) is 3.26. The lowest BCUT2D eigenvalue weighted by Gasteiger charge is -2.24. The van der Waals surface area contributed by atoms with Crippen LogP contribution in [-0.4, -0.2) is 26.7 Å². The number of rotatable bonds is 4. The van der Waals surface area contributed by atoms with Crippen LogP contribution in [0.3, 0.4) is 0 Å². The highest BCUT2D eigenvalue weighted by Gasteiger charge is 2.24. The molecule has 16 heavy (non-hydrogen) atoms. The molecular weight excluding hydrogens is 200 g/mol. The van der Waals surface area contributed by atoms with Crippen LogP contribution in [0.15, 0.2) is 24.3 Å². The zero-order chi connectivity index (χ0) is 11.4. The summed E-state index contributed by atoms with van der Waals surface area (Å²) in [4.78, 5) is 0. The standard InChI is InChI=1S/C13H20N2O/c1-14-13(12-7-4-8-15-12)10-5-3-6-11(9-10)16-2/h3,5-6,9,12-15H,4,7-8H2,1-2H3. The van der Waals surface area contributed by atoms with Gasteiger partial charge in [-0.15, -0.1) is 0 Å². The van der Waals surface area contributed by atoms with E-state index in [0.29, 0.717) is 12.1 Å². The predicted octanol–water partition coefficient (Wildman–Crippen LogP) is 1.71. The maximum atomic E-state index is 5.26. The van der Waals surface area contributed by atoms with Crippen molar-refractivity contribution in [3.63, 3.8) is 0 Å². The summed E-state index contributed by atoms with van der Waals surface area (Å²) in [5, 5.41) is 6.93. The lowest BCUT2D eigenvalue weighted by Crippen LogP contribution is -2.36. The van der Waals surface area contributed by atoms with Gasteiger partial charge in [-0.3, -0.25) is 0 Å². The normalized spacial score (nSPS) is 22.0. The number of hydrogen-bond donors (Lipinski definition) is 2. The van der Waals surface area contributed by atoms with Crippen molar-refractivity contribution < 1.29 is 4.74 Å². The Bertz CT molecular complexity index is 334. The highest BCUT2D eigenvalue weighted by atomic mass is 16.5. The van der Waals surface area contributed by atoms with Gasteiger partial charge < -0.3 is 15.4 Å². The van der Waals surface area contributed by atoms with Crippen molar-refractivity contribution >= 4 is 0 Å². The van der Waals surface area contributed by atoms with Gasteiger partial charge in [-0.2, -0.15) is 0 Å². The first-order valence-electron chi connectivity index (χ1n) is 5.89. The average molecular weight is 220 g/mol. The van der Waals surface area contributed by atoms with Crippen LogP contribution in [0.1, 0.15) is 24.4 Å². The van der Waals surface area contributed by atoms with Crippen molar-refractivity contribution in [1.29, 1.82) is 0 Å². The Labute approximate surface area is 97.2 Å². The molecule has 0 aromatic heterocycles. The Hall–Kier alpha value is -1.06. The van der Waals surface area contributed by atoms with Crippen molar-refractivity contribution in [2.24, 2.45) is 0 Å². The van der Waals surface area contributed by atoms with Gasteiger partial charge in [0.2, 0.25) is 0 Å². The van der Waals surface area contributed by atoms with E-state index in [0.717, 1.165) is 12.3 Å². The lowest BCUT2D eigenvalue weighted by atomic mass is 9.98. The molecule has 0 bridgehead atoms. The number of nitrogens with one attached hydrogen (secondary N) is 2. The van der Waals surface area contributed by atoms with E-state index in [1.807, 2.05) is 19.2 Å². The van der Waals surface area contributed by atoms with Gasteiger partial charge in [-0.25, -0.2) is 0 Å². The second-order valence-corrected chi connectivity index (χ2v) is 4.25. The fourth-order valence-electron chi connectivity index (χ4n) is 2.43. The molecule has 1 heterocycles. The van der Waals surface area contributed by atoms with E-state index in [4.69, 9.17) is 4.74 Å². The molecule has 3 heteroatoms. The monoisotopic (exact) mass is 220 g/mol. The zero-order valence-electron chi connectivity index (χ0n) is 9.99. The zero-order valence-corrected chi connectivity index (χ0v) is 9.99. The van der Waals surface area contributed by atoms with Crippen LogP contribution in [0.2, 0.25) is 0 Å². The molecular formula is C13H20N2O. The molecule has 3 nitrogen and oxygen atoms in total. The van der Waals surface area contributed by atoms with E-state index in [1.165, 1.54) is 18.4 Å². The minimum Gasteiger partial charge on any atom is -0.497 e. The Morgan fingerprint density at radius 2 is 2.38 bits per heavy atom. The highest BCUT2D eigenvalue weighted by Crippen LogP contribution is 2.25. The Balaban J connectivity index is 2.18. The van der Waals surface area contributed by atoms with E-state index in [2.05, 4.69) is 22.8 Å². The molecule has 88 valence electrons. The molecule has 1 aromatic rings. The van der Waals surface area contributed by atoms with Gasteiger partial charge >= 0.3 is 0 Å². The molecule has 1 fully saturated rings. The number of likely N-dealkylation sites (N-methyl/N-ethyl adjacent to an activating group) is 1. The summed E-state index contributed by atoms with van der Waals surface area (Å²) >= 11 is 0. The number of methoxy groups -OCH3 is 1. The predicted molar refractivity (Wildman–Crippen MR) is 65.8 cm³/mol. The molecule has 0 aliphatic carbocycles. The van der Waals surface area contributed by atoms with Crippen molar-refractivity contribution in [2.45, 2.75) is 24.9 Å². The second kappa shape index (κ2) is 5.32. The summed E-state index contributed by atoms with van der Waals surface area (Å²) in [6.45, 7) is 1.13. The summed E-state index contributed by atoms with van der Waals surface area (Å²) in [7, 11) is 3.73. The van der Waals surface area contributed by atoms with Gasteiger partial charge in [0.1, 0.15) is 5.75 Å². The molecule has 2 atom stereocenters. The van der Waals surface area contributed by atoms with E-state index >= 15 is 0 Å². The first-order chi connectivity index (χ1) is 7.85. The molecule has 1 aliphatic heterocycles. The number of hydrogen-bond acceptors (Lipinski definition) is 3. The van der Waals surface area contributed by atoms with Crippen LogP contribution < -0.4 is 15.4 Å². The summed E-state index contributed by atoms with van der Waals surface area (Å²) in [5.41, 5.74) is 1.29. The SMILES string of the molecule is CNC(c1cccc(OC)c1)C1CCCN1. The fraction of sp³-hybridized carbons (Fsp3) is 0.538. The van der Waals surface area contributed by atoms with Gasteiger partial charge in [0.15, 0.2) is 0 Å². The fourth-order valence-corrected chi connectivity index (χ4v) is 2.43. The van der Waals surface area contributed by atoms with Crippen molar-refractivity contribution in [1.82, 2.24) is 10.6 Å². The number of benzene rings is 1. The first kappa shape index (κ1) is 11.4. The molecule has 0 amide bonds. The molecule has 2 rings (SSSR count). The molecule has 0 radical (unpaired) electrons. The van der Waals surface area contributed by atoms with Crippen LogP contribution in [0, 0.1) is 0 Å². The van der Waals surface area contributed by atoms with Crippen molar-refractivity contribution in [3.8, 4) is 5.75 Å². The lowest BCUT2D eigenvalue weighted by molar-refractivity contribution is 0.408. The smallest absolute Gasteiger partial charge is 0.119 e. The number of ether oxygens (including phenoxy) is 1. The summed E-state index contributed by atoms with van der Waals surface area (Å²) in [6, 6.07) is 9.21. The summed E-state index contributed by atoms with van der Waals surface area (Å²) in [6.07, 6.45) is 2.51. The van der Waals surface area contributed by atoms with Gasteiger partial charge in [0.05, 0.1) is 7.11 Å². The first-order valence-corrected chi connectivity index (χ1v) is 5.89. The Morgan fingerprint density at radius 1 is 1.50 bits per heavy atom. The van der Waals surface area contributed by atoms with Gasteiger partial charge in [0, 0.05) is 12.1 Å². The summed E-state index contributed by atoms with van der Waals surface area (Å²) < 4.78 is 5.26. The third kappa shape index (κ3) is 2.36. The molecule has 0 spiro atoms. The molecule has 2 unspecified atom stereocenters. The molecule has 1 saturated heterocycles. The average Bonchev–Trinajstić information content (AvgIpc) is 2.84. The Morgan fingerprint density at radius 3 is 3.00 bits per heavy atom. The van der Waals surface area contributed by atoms with Crippen molar-refractivity contribution in [2.75, 3.05) is 20.7 Å². The van der Waals surface area contributed by atoms with Crippen LogP contribution in [0.5, 0.6) is 5.75 Å².